The number of aromatic carboxylic acids is 1. The van der Waals surface area contributed by atoms with Crippen LogP contribution in [0.5, 0.6) is 0 Å². The summed E-state index contributed by atoms with van der Waals surface area (Å²) in [6.07, 6.45) is 0. The molecule has 25 heavy (non-hydrogen) atoms. The molecule has 0 bridgehead atoms. The van der Waals surface area contributed by atoms with Crippen LogP contribution in [0, 0.1) is 11.3 Å². The van der Waals surface area contributed by atoms with Crippen molar-refractivity contribution >= 4 is 22.6 Å². The highest BCUT2D eigenvalue weighted by Gasteiger charge is 2.13. The summed E-state index contributed by atoms with van der Waals surface area (Å²) in [7, 11) is 1.86. The molecule has 0 fully saturated rings. The fraction of sp³-hybridized carbons (Fsp3) is 0.105. The van der Waals surface area contributed by atoms with E-state index in [0.29, 0.717) is 23.1 Å². The van der Waals surface area contributed by atoms with Crippen LogP contribution < -0.4 is 10.5 Å². The highest BCUT2D eigenvalue weighted by atomic mass is 16.4. The lowest BCUT2D eigenvalue weighted by Gasteiger charge is -2.20. The van der Waals surface area contributed by atoms with Gasteiger partial charge in [-0.15, -0.1) is 0 Å². The third-order valence-corrected chi connectivity index (χ3v) is 3.94. The quantitative estimate of drug-likeness (QED) is 0.737. The molecule has 0 aliphatic carbocycles. The standard InChI is InChI=1S/C19H14N2O4/c1-21(11-14-5-3-2-4-13(14)10-20)15-7-6-12-8-16(18(22)23)19(24)25-17(12)9-15/h2-9H,11H2,1H3,(H,22,23). The Morgan fingerprint density at radius 2 is 2.00 bits per heavy atom. The largest absolute Gasteiger partial charge is 0.477 e. The van der Waals surface area contributed by atoms with Gasteiger partial charge in [0.25, 0.3) is 0 Å². The highest BCUT2D eigenvalue weighted by molar-refractivity contribution is 5.92. The predicted molar refractivity (Wildman–Crippen MR) is 92.7 cm³/mol. The second-order valence-corrected chi connectivity index (χ2v) is 5.60. The Balaban J connectivity index is 1.96. The molecule has 2 aromatic carbocycles. The summed E-state index contributed by atoms with van der Waals surface area (Å²) in [5.74, 6) is -1.31. The molecule has 124 valence electrons. The molecule has 6 nitrogen and oxygen atoms in total. The Morgan fingerprint density at radius 3 is 2.72 bits per heavy atom. The summed E-state index contributed by atoms with van der Waals surface area (Å²) in [6, 6.07) is 16.0. The van der Waals surface area contributed by atoms with Gasteiger partial charge >= 0.3 is 11.6 Å². The number of nitrogens with zero attached hydrogens (tertiary/aromatic N) is 2. The molecule has 0 unspecified atom stereocenters. The number of carboxylic acids is 1. The molecule has 6 heteroatoms. The van der Waals surface area contributed by atoms with Crippen LogP contribution in [-0.2, 0) is 6.54 Å². The maximum Gasteiger partial charge on any atom is 0.351 e. The second-order valence-electron chi connectivity index (χ2n) is 5.60. The molecule has 0 saturated heterocycles. The number of carboxylic acid groups (broad SMARTS) is 1. The average Bonchev–Trinajstić information content (AvgIpc) is 2.60. The fourth-order valence-electron chi connectivity index (χ4n) is 2.60. The Bertz CT molecular complexity index is 1060. The van der Waals surface area contributed by atoms with Crippen molar-refractivity contribution in [1.29, 1.82) is 5.26 Å². The zero-order valence-corrected chi connectivity index (χ0v) is 13.4. The summed E-state index contributed by atoms with van der Waals surface area (Å²) in [5, 5.41) is 18.7. The monoisotopic (exact) mass is 334 g/mol. The minimum absolute atomic E-state index is 0.313. The van der Waals surface area contributed by atoms with Gasteiger partial charge in [0.05, 0.1) is 11.6 Å². The molecule has 3 rings (SSSR count). The summed E-state index contributed by atoms with van der Waals surface area (Å²) < 4.78 is 5.12. The Morgan fingerprint density at radius 1 is 1.24 bits per heavy atom. The first-order chi connectivity index (χ1) is 12.0. The lowest BCUT2D eigenvalue weighted by atomic mass is 10.1. The Hall–Kier alpha value is -3.59. The first-order valence-corrected chi connectivity index (χ1v) is 7.50. The van der Waals surface area contributed by atoms with Crippen molar-refractivity contribution in [2.75, 3.05) is 11.9 Å². The number of benzene rings is 2. The topological polar surface area (TPSA) is 94.5 Å². The van der Waals surface area contributed by atoms with Crippen molar-refractivity contribution in [1.82, 2.24) is 0 Å². The number of fused-ring (bicyclic) bond motifs is 1. The van der Waals surface area contributed by atoms with Crippen molar-refractivity contribution in [3.05, 3.63) is 75.6 Å². The highest BCUT2D eigenvalue weighted by Crippen LogP contribution is 2.23. The van der Waals surface area contributed by atoms with E-state index in [0.717, 1.165) is 11.3 Å². The van der Waals surface area contributed by atoms with E-state index in [1.165, 1.54) is 6.07 Å². The average molecular weight is 334 g/mol. The number of hydrogen-bond donors (Lipinski definition) is 1. The van der Waals surface area contributed by atoms with E-state index in [9.17, 15) is 14.9 Å². The summed E-state index contributed by atoms with van der Waals surface area (Å²) in [5.41, 5.74) is 1.31. The molecule has 0 saturated carbocycles. The Kier molecular flexibility index (Phi) is 4.23. The number of nitriles is 1. The van der Waals surface area contributed by atoms with Gasteiger partial charge < -0.3 is 14.4 Å². The maximum atomic E-state index is 11.7. The molecule has 0 radical (unpaired) electrons. The van der Waals surface area contributed by atoms with Crippen LogP contribution in [0.2, 0.25) is 0 Å². The zero-order valence-electron chi connectivity index (χ0n) is 13.4. The fourth-order valence-corrected chi connectivity index (χ4v) is 2.60. The van der Waals surface area contributed by atoms with Crippen molar-refractivity contribution in [3.63, 3.8) is 0 Å². The van der Waals surface area contributed by atoms with Gasteiger partial charge in [0.15, 0.2) is 0 Å². The van der Waals surface area contributed by atoms with Crippen molar-refractivity contribution in [2.45, 2.75) is 6.54 Å². The van der Waals surface area contributed by atoms with Crippen LogP contribution in [0.4, 0.5) is 5.69 Å². The van der Waals surface area contributed by atoms with Gasteiger partial charge in [0.2, 0.25) is 0 Å². The van der Waals surface area contributed by atoms with E-state index < -0.39 is 17.2 Å². The molecular weight excluding hydrogens is 320 g/mol. The number of anilines is 1. The zero-order chi connectivity index (χ0) is 18.0. The maximum absolute atomic E-state index is 11.7. The molecule has 1 aromatic heterocycles. The van der Waals surface area contributed by atoms with Crippen LogP contribution in [0.25, 0.3) is 11.0 Å². The summed E-state index contributed by atoms with van der Waals surface area (Å²) in [6.45, 7) is 0.507. The molecule has 3 aromatic rings. The van der Waals surface area contributed by atoms with Crippen LogP contribution in [0.15, 0.2) is 57.7 Å². The number of carbonyl (C=O) groups is 1. The minimum atomic E-state index is -1.31. The number of hydrogen-bond acceptors (Lipinski definition) is 5. The van der Waals surface area contributed by atoms with Crippen LogP contribution in [-0.4, -0.2) is 18.1 Å². The van der Waals surface area contributed by atoms with E-state index in [1.54, 1.807) is 18.2 Å². The lowest BCUT2D eigenvalue weighted by molar-refractivity contribution is 0.0692. The smallest absolute Gasteiger partial charge is 0.351 e. The molecule has 0 amide bonds. The molecular formula is C19H14N2O4. The van der Waals surface area contributed by atoms with Crippen LogP contribution in [0.1, 0.15) is 21.5 Å². The lowest BCUT2D eigenvalue weighted by Crippen LogP contribution is -2.17. The number of rotatable bonds is 4. The third-order valence-electron chi connectivity index (χ3n) is 3.94. The van der Waals surface area contributed by atoms with E-state index in [1.807, 2.05) is 36.2 Å². The normalized spacial score (nSPS) is 10.4. The Labute approximate surface area is 143 Å². The van der Waals surface area contributed by atoms with Gasteiger partial charge in [-0.1, -0.05) is 18.2 Å². The van der Waals surface area contributed by atoms with E-state index >= 15 is 0 Å². The van der Waals surface area contributed by atoms with Gasteiger partial charge in [0.1, 0.15) is 11.1 Å². The van der Waals surface area contributed by atoms with Gasteiger partial charge in [-0.05, 0) is 29.8 Å². The predicted octanol–water partition coefficient (Wildman–Crippen LogP) is 3.00. The van der Waals surface area contributed by atoms with E-state index in [-0.39, 0.29) is 0 Å². The van der Waals surface area contributed by atoms with Crippen molar-refractivity contribution in [3.8, 4) is 6.07 Å². The summed E-state index contributed by atoms with van der Waals surface area (Å²) in [4.78, 5) is 24.7. The molecule has 1 heterocycles. The minimum Gasteiger partial charge on any atom is -0.477 e. The van der Waals surface area contributed by atoms with Crippen LogP contribution >= 0.6 is 0 Å². The van der Waals surface area contributed by atoms with Crippen molar-refractivity contribution in [2.24, 2.45) is 0 Å². The summed E-state index contributed by atoms with van der Waals surface area (Å²) >= 11 is 0. The van der Waals surface area contributed by atoms with Gasteiger partial charge in [-0.25, -0.2) is 9.59 Å². The van der Waals surface area contributed by atoms with E-state index in [4.69, 9.17) is 9.52 Å². The second kappa shape index (κ2) is 6.49. The van der Waals surface area contributed by atoms with E-state index in [2.05, 4.69) is 6.07 Å². The van der Waals surface area contributed by atoms with Gasteiger partial charge in [0, 0.05) is 30.7 Å². The molecule has 0 atom stereocenters. The SMILES string of the molecule is CN(Cc1ccccc1C#N)c1ccc2cc(C(=O)O)c(=O)oc2c1. The van der Waals surface area contributed by atoms with Crippen LogP contribution in [0.3, 0.4) is 0 Å². The van der Waals surface area contributed by atoms with Gasteiger partial charge in [-0.3, -0.25) is 0 Å². The molecule has 0 aliphatic heterocycles. The molecule has 0 spiro atoms. The molecule has 1 N–H and O–H groups in total. The van der Waals surface area contributed by atoms with Crippen molar-refractivity contribution < 1.29 is 14.3 Å². The molecule has 0 aliphatic rings. The first kappa shape index (κ1) is 16.3. The van der Waals surface area contributed by atoms with Gasteiger partial charge in [-0.2, -0.15) is 5.26 Å². The first-order valence-electron chi connectivity index (χ1n) is 7.50. The third kappa shape index (κ3) is 3.21.